The number of phenolic OH excluding ortho intramolecular Hbond substituents is 1. The Morgan fingerprint density at radius 2 is 1.44 bits per heavy atom. The summed E-state index contributed by atoms with van der Waals surface area (Å²) < 4.78 is 5.52. The first-order valence-corrected chi connectivity index (χ1v) is 4.77. The molecule has 0 unspecified atom stereocenters. The molecule has 0 atom stereocenters. The van der Waals surface area contributed by atoms with Crippen LogP contribution in [0.4, 0.5) is 11.4 Å². The average Bonchev–Trinajstić information content (AvgIpc) is 2.27. The minimum Gasteiger partial charge on any atom is -0.508 e. The fourth-order valence-corrected chi connectivity index (χ4v) is 1.27. The highest BCUT2D eigenvalue weighted by molar-refractivity contribution is 5.65. The predicted molar refractivity (Wildman–Crippen MR) is 63.4 cm³/mol. The molecule has 0 saturated carbocycles. The molecule has 0 aromatic heterocycles. The first-order valence-electron chi connectivity index (χ1n) is 4.77. The maximum atomic E-state index is 9.11. The monoisotopic (exact) mass is 216 g/mol. The Hall–Kier alpha value is -2.36. The molecule has 2 aromatic carbocycles. The van der Waals surface area contributed by atoms with Crippen LogP contribution in [0.1, 0.15) is 0 Å². The van der Waals surface area contributed by atoms with Gasteiger partial charge in [0.15, 0.2) is 0 Å². The van der Waals surface area contributed by atoms with Crippen LogP contribution in [0.25, 0.3) is 0 Å². The van der Waals surface area contributed by atoms with Crippen LogP contribution in [0, 0.1) is 0 Å². The van der Waals surface area contributed by atoms with Crippen molar-refractivity contribution in [3.8, 4) is 17.2 Å². The van der Waals surface area contributed by atoms with Gasteiger partial charge in [0, 0.05) is 6.07 Å². The lowest BCUT2D eigenvalue weighted by molar-refractivity contribution is 0.464. The molecule has 0 bridgehead atoms. The maximum Gasteiger partial charge on any atom is 0.129 e. The first kappa shape index (κ1) is 10.2. The summed E-state index contributed by atoms with van der Waals surface area (Å²) in [6, 6.07) is 11.5. The molecule has 4 nitrogen and oxygen atoms in total. The van der Waals surface area contributed by atoms with Crippen LogP contribution in [0.5, 0.6) is 17.2 Å². The van der Waals surface area contributed by atoms with Crippen molar-refractivity contribution < 1.29 is 9.84 Å². The number of nitrogen functional groups attached to an aromatic ring is 2. The van der Waals surface area contributed by atoms with E-state index in [0.717, 1.165) is 0 Å². The van der Waals surface area contributed by atoms with E-state index in [-0.39, 0.29) is 5.75 Å². The second-order valence-corrected chi connectivity index (χ2v) is 3.39. The van der Waals surface area contributed by atoms with Crippen molar-refractivity contribution in [2.75, 3.05) is 11.5 Å². The van der Waals surface area contributed by atoms with Crippen molar-refractivity contribution in [3.63, 3.8) is 0 Å². The largest absolute Gasteiger partial charge is 0.508 e. The molecule has 82 valence electrons. The molecule has 0 aliphatic rings. The maximum absolute atomic E-state index is 9.11. The molecule has 4 heteroatoms. The van der Waals surface area contributed by atoms with Crippen molar-refractivity contribution in [3.05, 3.63) is 42.5 Å². The Balaban J connectivity index is 2.20. The zero-order chi connectivity index (χ0) is 11.5. The smallest absolute Gasteiger partial charge is 0.129 e. The van der Waals surface area contributed by atoms with Gasteiger partial charge in [0.2, 0.25) is 0 Å². The summed E-state index contributed by atoms with van der Waals surface area (Å²) in [7, 11) is 0. The van der Waals surface area contributed by atoms with E-state index in [1.807, 2.05) is 0 Å². The van der Waals surface area contributed by atoms with E-state index >= 15 is 0 Å². The first-order chi connectivity index (χ1) is 7.65. The molecule has 2 aromatic rings. The number of hydrogen-bond donors (Lipinski definition) is 3. The van der Waals surface area contributed by atoms with Crippen LogP contribution in [-0.4, -0.2) is 5.11 Å². The van der Waals surface area contributed by atoms with Gasteiger partial charge in [-0.3, -0.25) is 0 Å². The van der Waals surface area contributed by atoms with Gasteiger partial charge in [0.25, 0.3) is 0 Å². The number of ether oxygens (including phenoxy) is 1. The number of benzene rings is 2. The van der Waals surface area contributed by atoms with Crippen LogP contribution in [0.2, 0.25) is 0 Å². The summed E-state index contributed by atoms with van der Waals surface area (Å²) in [5, 5.41) is 9.11. The van der Waals surface area contributed by atoms with E-state index < -0.39 is 0 Å². The highest BCUT2D eigenvalue weighted by Crippen LogP contribution is 2.27. The molecular formula is C12H12N2O2. The minimum absolute atomic E-state index is 0.198. The molecule has 0 saturated heterocycles. The van der Waals surface area contributed by atoms with Gasteiger partial charge in [-0.1, -0.05) is 0 Å². The molecular weight excluding hydrogens is 204 g/mol. The van der Waals surface area contributed by atoms with Gasteiger partial charge in [-0.15, -0.1) is 0 Å². The third-order valence-electron chi connectivity index (χ3n) is 2.13. The molecule has 0 amide bonds. The third-order valence-corrected chi connectivity index (χ3v) is 2.13. The molecule has 16 heavy (non-hydrogen) atoms. The van der Waals surface area contributed by atoms with Crippen LogP contribution < -0.4 is 16.2 Å². The van der Waals surface area contributed by atoms with Gasteiger partial charge in [-0.2, -0.15) is 0 Å². The van der Waals surface area contributed by atoms with Crippen molar-refractivity contribution in [2.24, 2.45) is 0 Å². The number of phenols is 1. The number of rotatable bonds is 2. The SMILES string of the molecule is Nc1ccc(Oc2ccc(O)cc2)cc1N. The standard InChI is InChI=1S/C12H12N2O2/c13-11-6-5-10(7-12(11)14)16-9-3-1-8(15)2-4-9/h1-7,15H,13-14H2. The minimum atomic E-state index is 0.198. The quantitative estimate of drug-likeness (QED) is 0.673. The van der Waals surface area contributed by atoms with Gasteiger partial charge >= 0.3 is 0 Å². The van der Waals surface area contributed by atoms with E-state index in [1.165, 1.54) is 0 Å². The van der Waals surface area contributed by atoms with Crippen LogP contribution in [-0.2, 0) is 0 Å². The molecule has 5 N–H and O–H groups in total. The number of nitrogens with two attached hydrogens (primary N) is 2. The second-order valence-electron chi connectivity index (χ2n) is 3.39. The van der Waals surface area contributed by atoms with E-state index in [9.17, 15) is 0 Å². The number of anilines is 2. The van der Waals surface area contributed by atoms with Crippen molar-refractivity contribution >= 4 is 11.4 Å². The lowest BCUT2D eigenvalue weighted by atomic mass is 10.2. The highest BCUT2D eigenvalue weighted by Gasteiger charge is 2.00. The van der Waals surface area contributed by atoms with Gasteiger partial charge in [-0.25, -0.2) is 0 Å². The number of hydrogen-bond acceptors (Lipinski definition) is 4. The van der Waals surface area contributed by atoms with Crippen molar-refractivity contribution in [2.45, 2.75) is 0 Å². The zero-order valence-electron chi connectivity index (χ0n) is 8.55. The fraction of sp³-hybridized carbons (Fsp3) is 0. The zero-order valence-corrected chi connectivity index (χ0v) is 8.55. The molecule has 0 radical (unpaired) electrons. The fourth-order valence-electron chi connectivity index (χ4n) is 1.27. The summed E-state index contributed by atoms with van der Waals surface area (Å²) in [6.07, 6.45) is 0. The van der Waals surface area contributed by atoms with Crippen molar-refractivity contribution in [1.82, 2.24) is 0 Å². The lowest BCUT2D eigenvalue weighted by Gasteiger charge is -2.07. The normalized spacial score (nSPS) is 10.0. The summed E-state index contributed by atoms with van der Waals surface area (Å²) in [5.74, 6) is 1.43. The average molecular weight is 216 g/mol. The lowest BCUT2D eigenvalue weighted by Crippen LogP contribution is -1.94. The van der Waals surface area contributed by atoms with Gasteiger partial charge < -0.3 is 21.3 Å². The Labute approximate surface area is 93.1 Å². The van der Waals surface area contributed by atoms with E-state index in [0.29, 0.717) is 22.9 Å². The van der Waals surface area contributed by atoms with Gasteiger partial charge in [0.05, 0.1) is 11.4 Å². The summed E-state index contributed by atoms with van der Waals surface area (Å²) in [4.78, 5) is 0. The van der Waals surface area contributed by atoms with E-state index in [2.05, 4.69) is 0 Å². The summed E-state index contributed by atoms with van der Waals surface area (Å²) in [6.45, 7) is 0. The van der Waals surface area contributed by atoms with Crippen molar-refractivity contribution in [1.29, 1.82) is 0 Å². The van der Waals surface area contributed by atoms with Gasteiger partial charge in [-0.05, 0) is 36.4 Å². The molecule has 0 heterocycles. The Kier molecular flexibility index (Phi) is 2.55. The highest BCUT2D eigenvalue weighted by atomic mass is 16.5. The predicted octanol–water partition coefficient (Wildman–Crippen LogP) is 2.35. The van der Waals surface area contributed by atoms with Crippen LogP contribution in [0.15, 0.2) is 42.5 Å². The number of aromatic hydroxyl groups is 1. The Morgan fingerprint density at radius 1 is 0.812 bits per heavy atom. The molecule has 0 aliphatic carbocycles. The summed E-state index contributed by atoms with van der Waals surface area (Å²) in [5.41, 5.74) is 12.3. The summed E-state index contributed by atoms with van der Waals surface area (Å²) >= 11 is 0. The molecule has 0 spiro atoms. The second kappa shape index (κ2) is 4.02. The van der Waals surface area contributed by atoms with E-state index in [1.54, 1.807) is 42.5 Å². The molecule has 0 fully saturated rings. The Bertz CT molecular complexity index is 495. The van der Waals surface area contributed by atoms with E-state index in [4.69, 9.17) is 21.3 Å². The molecule has 2 rings (SSSR count). The Morgan fingerprint density at radius 3 is 2.06 bits per heavy atom. The van der Waals surface area contributed by atoms with Crippen LogP contribution in [0.3, 0.4) is 0 Å². The molecule has 0 aliphatic heterocycles. The topological polar surface area (TPSA) is 81.5 Å². The third kappa shape index (κ3) is 2.17. The van der Waals surface area contributed by atoms with Crippen LogP contribution >= 0.6 is 0 Å². The van der Waals surface area contributed by atoms with Gasteiger partial charge in [0.1, 0.15) is 17.2 Å².